The van der Waals surface area contributed by atoms with Gasteiger partial charge in [-0.15, -0.1) is 11.6 Å². The van der Waals surface area contributed by atoms with Crippen molar-refractivity contribution in [2.75, 3.05) is 13.7 Å². The van der Waals surface area contributed by atoms with Gasteiger partial charge in [0.1, 0.15) is 0 Å². The Morgan fingerprint density at radius 1 is 1.39 bits per heavy atom. The number of ether oxygens (including phenoxy) is 1. The third kappa shape index (κ3) is 3.21. The van der Waals surface area contributed by atoms with Gasteiger partial charge in [-0.25, -0.2) is 0 Å². The number of halogens is 1. The normalized spacial score (nSPS) is 26.6. The molecule has 0 aromatic heterocycles. The maximum atomic E-state index is 12.0. The van der Waals surface area contributed by atoms with Crippen molar-refractivity contribution in [3.05, 3.63) is 41.5 Å². The van der Waals surface area contributed by atoms with Crippen LogP contribution in [0.4, 0.5) is 0 Å². The number of allylic oxidation sites excluding steroid dienone is 1. The van der Waals surface area contributed by atoms with E-state index in [1.54, 1.807) is 7.11 Å². The zero-order valence-electron chi connectivity index (χ0n) is 10.4. The summed E-state index contributed by atoms with van der Waals surface area (Å²) in [6.07, 6.45) is 3.41. The first-order valence-corrected chi connectivity index (χ1v) is 6.57. The number of alkyl halides is 1. The number of carbonyl (C=O) groups is 1. The molecule has 1 aliphatic carbocycles. The standard InChI is InChI=1S/C15H17ClO2/c1-18-10-12-8-13(15(17)14(16)9-12)7-11-5-3-2-4-6-11/h2-7,12,14H,8-10H2,1H3. The molecule has 96 valence electrons. The first-order valence-electron chi connectivity index (χ1n) is 6.13. The third-order valence-corrected chi connectivity index (χ3v) is 3.57. The van der Waals surface area contributed by atoms with Crippen LogP contribution in [0.25, 0.3) is 6.08 Å². The van der Waals surface area contributed by atoms with Crippen molar-refractivity contribution < 1.29 is 9.53 Å². The van der Waals surface area contributed by atoms with Gasteiger partial charge in [0.15, 0.2) is 5.78 Å². The SMILES string of the molecule is COCC1CC(=Cc2ccccc2)C(=O)C(Cl)C1. The molecule has 1 fully saturated rings. The van der Waals surface area contributed by atoms with Crippen LogP contribution in [0.5, 0.6) is 0 Å². The number of hydrogen-bond acceptors (Lipinski definition) is 2. The van der Waals surface area contributed by atoms with Crippen LogP contribution in [0.15, 0.2) is 35.9 Å². The second-order valence-electron chi connectivity index (χ2n) is 4.67. The number of hydrogen-bond donors (Lipinski definition) is 0. The van der Waals surface area contributed by atoms with Crippen LogP contribution in [0.3, 0.4) is 0 Å². The van der Waals surface area contributed by atoms with Crippen LogP contribution in [0.2, 0.25) is 0 Å². The number of benzene rings is 1. The monoisotopic (exact) mass is 264 g/mol. The Morgan fingerprint density at radius 2 is 2.11 bits per heavy atom. The van der Waals surface area contributed by atoms with Crippen molar-refractivity contribution in [3.63, 3.8) is 0 Å². The van der Waals surface area contributed by atoms with Gasteiger partial charge in [-0.2, -0.15) is 0 Å². The minimum Gasteiger partial charge on any atom is -0.384 e. The first-order chi connectivity index (χ1) is 8.70. The number of rotatable bonds is 3. The summed E-state index contributed by atoms with van der Waals surface area (Å²) >= 11 is 6.11. The minimum atomic E-state index is -0.408. The van der Waals surface area contributed by atoms with Crippen LogP contribution < -0.4 is 0 Å². The molecule has 0 radical (unpaired) electrons. The molecule has 2 nitrogen and oxygen atoms in total. The Balaban J connectivity index is 2.19. The minimum absolute atomic E-state index is 0.0628. The summed E-state index contributed by atoms with van der Waals surface area (Å²) in [5, 5.41) is -0.408. The van der Waals surface area contributed by atoms with Crippen molar-refractivity contribution >= 4 is 23.5 Å². The quantitative estimate of drug-likeness (QED) is 0.619. The van der Waals surface area contributed by atoms with E-state index in [1.165, 1.54) is 0 Å². The summed E-state index contributed by atoms with van der Waals surface area (Å²) in [5.41, 5.74) is 1.86. The van der Waals surface area contributed by atoms with E-state index in [4.69, 9.17) is 16.3 Å². The molecule has 1 saturated carbocycles. The molecule has 0 spiro atoms. The molecule has 0 aliphatic heterocycles. The van der Waals surface area contributed by atoms with E-state index in [1.807, 2.05) is 36.4 Å². The molecule has 18 heavy (non-hydrogen) atoms. The lowest BCUT2D eigenvalue weighted by molar-refractivity contribution is -0.116. The molecule has 2 atom stereocenters. The maximum absolute atomic E-state index is 12.0. The van der Waals surface area contributed by atoms with E-state index in [2.05, 4.69) is 0 Å². The highest BCUT2D eigenvalue weighted by atomic mass is 35.5. The summed E-state index contributed by atoms with van der Waals surface area (Å²) in [6.45, 7) is 0.655. The Hall–Kier alpha value is -1.12. The van der Waals surface area contributed by atoms with Gasteiger partial charge in [0.05, 0.1) is 5.38 Å². The average Bonchev–Trinajstić information content (AvgIpc) is 2.37. The van der Waals surface area contributed by atoms with Crippen LogP contribution in [0.1, 0.15) is 18.4 Å². The topological polar surface area (TPSA) is 26.3 Å². The second-order valence-corrected chi connectivity index (χ2v) is 5.20. The Morgan fingerprint density at radius 3 is 2.78 bits per heavy atom. The lowest BCUT2D eigenvalue weighted by Gasteiger charge is -2.26. The zero-order chi connectivity index (χ0) is 13.0. The van der Waals surface area contributed by atoms with Crippen LogP contribution in [-0.4, -0.2) is 24.9 Å². The number of methoxy groups -OCH3 is 1. The van der Waals surface area contributed by atoms with E-state index in [0.29, 0.717) is 18.9 Å². The molecule has 2 rings (SSSR count). The van der Waals surface area contributed by atoms with Gasteiger partial charge < -0.3 is 4.74 Å². The Kier molecular flexibility index (Phi) is 4.56. The van der Waals surface area contributed by atoms with E-state index in [-0.39, 0.29) is 5.78 Å². The molecule has 2 unspecified atom stereocenters. The van der Waals surface area contributed by atoms with Gasteiger partial charge in [-0.1, -0.05) is 30.3 Å². The van der Waals surface area contributed by atoms with E-state index in [9.17, 15) is 4.79 Å². The van der Waals surface area contributed by atoms with Gasteiger partial charge in [-0.05, 0) is 36.0 Å². The highest BCUT2D eigenvalue weighted by Gasteiger charge is 2.30. The number of carbonyl (C=O) groups excluding carboxylic acids is 1. The summed E-state index contributed by atoms with van der Waals surface area (Å²) in [5.74, 6) is 0.401. The molecule has 1 aliphatic rings. The van der Waals surface area contributed by atoms with Gasteiger partial charge in [0.2, 0.25) is 0 Å². The predicted octanol–water partition coefficient (Wildman–Crippen LogP) is 3.30. The summed E-state index contributed by atoms with van der Waals surface area (Å²) in [4.78, 5) is 12.0. The van der Waals surface area contributed by atoms with Crippen molar-refractivity contribution in [1.82, 2.24) is 0 Å². The van der Waals surface area contributed by atoms with Gasteiger partial charge >= 0.3 is 0 Å². The maximum Gasteiger partial charge on any atom is 0.176 e. The molecule has 0 heterocycles. The number of ketones is 1. The summed E-state index contributed by atoms with van der Waals surface area (Å²) < 4.78 is 5.17. The van der Waals surface area contributed by atoms with Crippen molar-refractivity contribution in [3.8, 4) is 0 Å². The highest BCUT2D eigenvalue weighted by molar-refractivity contribution is 6.34. The van der Waals surface area contributed by atoms with Crippen LogP contribution in [-0.2, 0) is 9.53 Å². The molecule has 1 aromatic carbocycles. The largest absolute Gasteiger partial charge is 0.384 e. The van der Waals surface area contributed by atoms with Crippen LogP contribution >= 0.6 is 11.6 Å². The number of Topliss-reactive ketones (excluding diaryl/α,β-unsaturated/α-hetero) is 1. The fourth-order valence-corrected chi connectivity index (χ4v) is 2.73. The fourth-order valence-electron chi connectivity index (χ4n) is 2.34. The molecule has 0 bridgehead atoms. The van der Waals surface area contributed by atoms with Gasteiger partial charge in [-0.3, -0.25) is 4.79 Å². The lowest BCUT2D eigenvalue weighted by atomic mass is 9.84. The highest BCUT2D eigenvalue weighted by Crippen LogP contribution is 2.30. The molecule has 3 heteroatoms. The second kappa shape index (κ2) is 6.17. The molecular formula is C15H17ClO2. The van der Waals surface area contributed by atoms with Crippen molar-refractivity contribution in [2.45, 2.75) is 18.2 Å². The smallest absolute Gasteiger partial charge is 0.176 e. The summed E-state index contributed by atoms with van der Waals surface area (Å²) in [7, 11) is 1.68. The lowest BCUT2D eigenvalue weighted by Crippen LogP contribution is -2.29. The van der Waals surface area contributed by atoms with Crippen molar-refractivity contribution in [2.24, 2.45) is 5.92 Å². The van der Waals surface area contributed by atoms with Crippen LogP contribution in [0, 0.1) is 5.92 Å². The molecule has 0 N–H and O–H groups in total. The third-order valence-electron chi connectivity index (χ3n) is 3.19. The molecule has 1 aromatic rings. The Bertz CT molecular complexity index is 439. The van der Waals surface area contributed by atoms with Gasteiger partial charge in [0, 0.05) is 13.7 Å². The molecular weight excluding hydrogens is 248 g/mol. The zero-order valence-corrected chi connectivity index (χ0v) is 11.2. The molecule has 0 saturated heterocycles. The van der Waals surface area contributed by atoms with E-state index >= 15 is 0 Å². The Labute approximate surface area is 113 Å². The van der Waals surface area contributed by atoms with E-state index in [0.717, 1.165) is 17.6 Å². The van der Waals surface area contributed by atoms with Crippen molar-refractivity contribution in [1.29, 1.82) is 0 Å². The van der Waals surface area contributed by atoms with Gasteiger partial charge in [0.25, 0.3) is 0 Å². The summed E-state index contributed by atoms with van der Waals surface area (Å²) in [6, 6.07) is 9.87. The van der Waals surface area contributed by atoms with E-state index < -0.39 is 5.38 Å². The predicted molar refractivity (Wildman–Crippen MR) is 73.7 cm³/mol. The molecule has 0 amide bonds. The average molecular weight is 265 g/mol. The first kappa shape index (κ1) is 13.3. The fraction of sp³-hybridized carbons (Fsp3) is 0.400.